The molecule has 6 heteroatoms. The second kappa shape index (κ2) is 7.68. The van der Waals surface area contributed by atoms with Crippen molar-refractivity contribution >= 4 is 12.4 Å². The second-order valence-corrected chi connectivity index (χ2v) is 5.84. The molecule has 0 bridgehead atoms. The maximum atomic E-state index is 11.2. The number of hydrogen-bond acceptors (Lipinski definition) is 4. The molecule has 0 radical (unpaired) electrons. The Balaban J connectivity index is 2.60. The fraction of sp³-hybridized carbons (Fsp3) is 0.500. The van der Waals surface area contributed by atoms with E-state index in [1.807, 2.05) is 20.8 Å². The van der Waals surface area contributed by atoms with Gasteiger partial charge in [-0.05, 0) is 45.4 Å². The van der Waals surface area contributed by atoms with E-state index in [-0.39, 0.29) is 0 Å². The van der Waals surface area contributed by atoms with Crippen molar-refractivity contribution in [3.05, 3.63) is 23.8 Å². The number of amides is 1. The van der Waals surface area contributed by atoms with Gasteiger partial charge < -0.3 is 19.5 Å². The van der Waals surface area contributed by atoms with Crippen LogP contribution in [0.25, 0.3) is 0 Å². The fourth-order valence-electron chi connectivity index (χ4n) is 2.00. The van der Waals surface area contributed by atoms with Crippen LogP contribution in [0.4, 0.5) is 4.79 Å². The zero-order chi connectivity index (χ0) is 16.8. The average Bonchev–Trinajstić information content (AvgIpc) is 2.44. The summed E-state index contributed by atoms with van der Waals surface area (Å²) in [6.07, 6.45) is 0.323. The van der Waals surface area contributed by atoms with Crippen molar-refractivity contribution in [1.82, 2.24) is 4.90 Å². The molecule has 6 nitrogen and oxygen atoms in total. The Morgan fingerprint density at radius 1 is 1.32 bits per heavy atom. The van der Waals surface area contributed by atoms with Crippen LogP contribution in [0, 0.1) is 0 Å². The molecule has 1 aromatic carbocycles. The van der Waals surface area contributed by atoms with Gasteiger partial charge in [-0.15, -0.1) is 0 Å². The van der Waals surface area contributed by atoms with Crippen molar-refractivity contribution in [3.8, 4) is 11.5 Å². The van der Waals surface area contributed by atoms with Gasteiger partial charge in [0.2, 0.25) is 0 Å². The quantitative estimate of drug-likeness (QED) is 0.619. The van der Waals surface area contributed by atoms with Crippen LogP contribution >= 0.6 is 0 Å². The molecule has 0 fully saturated rings. The van der Waals surface area contributed by atoms with Crippen LogP contribution in [-0.4, -0.2) is 48.2 Å². The summed E-state index contributed by atoms with van der Waals surface area (Å²) in [5.74, 6) is 1.02. The number of aldehydes is 1. The third-order valence-electron chi connectivity index (χ3n) is 3.15. The molecule has 0 aliphatic rings. The molecule has 1 amide bonds. The topological polar surface area (TPSA) is 76.1 Å². The molecule has 0 saturated heterocycles. The van der Waals surface area contributed by atoms with Crippen molar-refractivity contribution < 1.29 is 24.2 Å². The minimum atomic E-state index is -0.951. The summed E-state index contributed by atoms with van der Waals surface area (Å²) in [5, 5.41) is 9.20. The molecule has 0 unspecified atom stereocenters. The van der Waals surface area contributed by atoms with Crippen LogP contribution in [0.2, 0.25) is 0 Å². The standard InChI is InChI=1S/C16H23NO5/c1-16(2,3)17(15(19)20)8-5-9-22-14-10-12(11-18)6-7-13(14)21-4/h6-7,10-11H,5,8-9H2,1-4H3,(H,19,20). The summed E-state index contributed by atoms with van der Waals surface area (Å²) < 4.78 is 10.8. The van der Waals surface area contributed by atoms with E-state index in [2.05, 4.69) is 0 Å². The molecule has 1 N–H and O–H groups in total. The van der Waals surface area contributed by atoms with E-state index in [1.165, 1.54) is 12.0 Å². The maximum Gasteiger partial charge on any atom is 0.407 e. The first-order valence-electron chi connectivity index (χ1n) is 7.06. The predicted molar refractivity (Wildman–Crippen MR) is 83.0 cm³/mol. The summed E-state index contributed by atoms with van der Waals surface area (Å²) in [6, 6.07) is 4.91. The Bertz CT molecular complexity index is 522. The van der Waals surface area contributed by atoms with E-state index >= 15 is 0 Å². The van der Waals surface area contributed by atoms with Gasteiger partial charge in [-0.2, -0.15) is 0 Å². The van der Waals surface area contributed by atoms with Gasteiger partial charge in [0.25, 0.3) is 0 Å². The van der Waals surface area contributed by atoms with E-state index in [9.17, 15) is 14.7 Å². The van der Waals surface area contributed by atoms with Crippen LogP contribution in [0.1, 0.15) is 37.6 Å². The molecule has 0 atom stereocenters. The van der Waals surface area contributed by atoms with E-state index in [0.717, 1.165) is 6.29 Å². The van der Waals surface area contributed by atoms with Crippen LogP contribution in [0.3, 0.4) is 0 Å². The van der Waals surface area contributed by atoms with Crippen molar-refractivity contribution in [2.45, 2.75) is 32.7 Å². The lowest BCUT2D eigenvalue weighted by atomic mass is 10.1. The number of carbonyl (C=O) groups excluding carboxylic acids is 1. The van der Waals surface area contributed by atoms with Crippen molar-refractivity contribution in [1.29, 1.82) is 0 Å². The summed E-state index contributed by atoms with van der Waals surface area (Å²) in [6.45, 7) is 6.24. The van der Waals surface area contributed by atoms with Gasteiger partial charge >= 0.3 is 6.09 Å². The number of rotatable bonds is 7. The number of carbonyl (C=O) groups is 2. The molecule has 0 aliphatic carbocycles. The van der Waals surface area contributed by atoms with Gasteiger partial charge in [-0.3, -0.25) is 4.79 Å². The van der Waals surface area contributed by atoms with Gasteiger partial charge in [-0.1, -0.05) is 0 Å². The largest absolute Gasteiger partial charge is 0.493 e. The smallest absolute Gasteiger partial charge is 0.407 e. The van der Waals surface area contributed by atoms with Crippen LogP contribution < -0.4 is 9.47 Å². The Labute approximate surface area is 130 Å². The van der Waals surface area contributed by atoms with Crippen LogP contribution in [0.5, 0.6) is 11.5 Å². The molecule has 22 heavy (non-hydrogen) atoms. The number of methoxy groups -OCH3 is 1. The second-order valence-electron chi connectivity index (χ2n) is 5.84. The number of hydrogen-bond donors (Lipinski definition) is 1. The van der Waals surface area contributed by atoms with E-state index in [0.29, 0.717) is 36.6 Å². The summed E-state index contributed by atoms with van der Waals surface area (Å²) in [4.78, 5) is 23.4. The SMILES string of the molecule is COc1ccc(C=O)cc1OCCCN(C(=O)O)C(C)(C)C. The molecular weight excluding hydrogens is 286 g/mol. The summed E-state index contributed by atoms with van der Waals surface area (Å²) >= 11 is 0. The zero-order valence-electron chi connectivity index (χ0n) is 13.5. The number of benzene rings is 1. The Hall–Kier alpha value is -2.24. The molecule has 0 saturated carbocycles. The molecule has 122 valence electrons. The third kappa shape index (κ3) is 4.95. The van der Waals surface area contributed by atoms with Crippen molar-refractivity contribution in [2.75, 3.05) is 20.3 Å². The molecule has 0 aromatic heterocycles. The van der Waals surface area contributed by atoms with Gasteiger partial charge in [0, 0.05) is 17.6 Å². The van der Waals surface area contributed by atoms with Gasteiger partial charge in [0.15, 0.2) is 11.5 Å². The van der Waals surface area contributed by atoms with E-state index in [1.54, 1.807) is 18.2 Å². The lowest BCUT2D eigenvalue weighted by Crippen LogP contribution is -2.45. The molecular formula is C16H23NO5. The van der Waals surface area contributed by atoms with E-state index < -0.39 is 11.6 Å². The highest BCUT2D eigenvalue weighted by Gasteiger charge is 2.25. The highest BCUT2D eigenvalue weighted by atomic mass is 16.5. The number of ether oxygens (including phenoxy) is 2. The normalized spacial score (nSPS) is 10.9. The first kappa shape index (κ1) is 17.8. The average molecular weight is 309 g/mol. The molecule has 0 heterocycles. The van der Waals surface area contributed by atoms with Crippen LogP contribution in [0.15, 0.2) is 18.2 Å². The van der Waals surface area contributed by atoms with Gasteiger partial charge in [0.1, 0.15) is 6.29 Å². The monoisotopic (exact) mass is 309 g/mol. The lowest BCUT2D eigenvalue weighted by Gasteiger charge is -2.33. The highest BCUT2D eigenvalue weighted by Crippen LogP contribution is 2.27. The molecule has 1 rings (SSSR count). The Morgan fingerprint density at radius 2 is 2.00 bits per heavy atom. The summed E-state index contributed by atoms with van der Waals surface area (Å²) in [5.41, 5.74) is 0.0404. The molecule has 1 aromatic rings. The first-order chi connectivity index (χ1) is 10.3. The molecule has 0 aliphatic heterocycles. The highest BCUT2D eigenvalue weighted by molar-refractivity contribution is 5.76. The van der Waals surface area contributed by atoms with Gasteiger partial charge in [-0.25, -0.2) is 4.79 Å². The van der Waals surface area contributed by atoms with E-state index in [4.69, 9.17) is 9.47 Å². The van der Waals surface area contributed by atoms with Crippen molar-refractivity contribution in [3.63, 3.8) is 0 Å². The minimum absolute atomic E-state index is 0.332. The van der Waals surface area contributed by atoms with Crippen molar-refractivity contribution in [2.24, 2.45) is 0 Å². The van der Waals surface area contributed by atoms with Crippen LogP contribution in [-0.2, 0) is 0 Å². The molecule has 0 spiro atoms. The fourth-order valence-corrected chi connectivity index (χ4v) is 2.00. The lowest BCUT2D eigenvalue weighted by molar-refractivity contribution is 0.0959. The van der Waals surface area contributed by atoms with Gasteiger partial charge in [0.05, 0.1) is 13.7 Å². The Morgan fingerprint density at radius 3 is 2.50 bits per heavy atom. The number of carboxylic acid groups (broad SMARTS) is 1. The number of nitrogens with zero attached hydrogens (tertiary/aromatic N) is 1. The predicted octanol–water partition coefficient (Wildman–Crippen LogP) is 3.06. The Kier molecular flexibility index (Phi) is 6.22. The maximum absolute atomic E-state index is 11.2. The zero-order valence-corrected chi connectivity index (χ0v) is 13.5. The third-order valence-corrected chi connectivity index (χ3v) is 3.15. The summed E-state index contributed by atoms with van der Waals surface area (Å²) in [7, 11) is 1.52. The minimum Gasteiger partial charge on any atom is -0.493 e. The first-order valence-corrected chi connectivity index (χ1v) is 7.06.